The van der Waals surface area contributed by atoms with Crippen molar-refractivity contribution in [3.63, 3.8) is 0 Å². The average Bonchev–Trinajstić information content (AvgIpc) is 3.47. The SMILES string of the molecule is COc1ccc(-n2cc(-c3ccccc3)nc2NC(=O)CN(CCN2CCOCC2)C(=O)c2ccccc2C)cc1OC. The van der Waals surface area contributed by atoms with E-state index in [1.165, 1.54) is 0 Å². The molecular formula is C33H37N5O5. The molecule has 5 rings (SSSR count). The van der Waals surface area contributed by atoms with E-state index in [4.69, 9.17) is 19.2 Å². The predicted molar refractivity (Wildman–Crippen MR) is 165 cm³/mol. The zero-order chi connectivity index (χ0) is 30.2. The van der Waals surface area contributed by atoms with Gasteiger partial charge in [-0.2, -0.15) is 0 Å². The van der Waals surface area contributed by atoms with Crippen molar-refractivity contribution in [2.75, 3.05) is 65.5 Å². The van der Waals surface area contributed by atoms with Crippen LogP contribution in [0.15, 0.2) is 79.0 Å². The molecule has 0 spiro atoms. The molecule has 1 saturated heterocycles. The Bertz CT molecular complexity index is 1550. The topological polar surface area (TPSA) is 98.2 Å². The molecule has 1 N–H and O–H groups in total. The molecule has 1 aromatic heterocycles. The predicted octanol–water partition coefficient (Wildman–Crippen LogP) is 4.28. The molecule has 10 heteroatoms. The Morgan fingerprint density at radius 2 is 1.67 bits per heavy atom. The third-order valence-corrected chi connectivity index (χ3v) is 7.46. The molecule has 0 unspecified atom stereocenters. The molecule has 1 fully saturated rings. The van der Waals surface area contributed by atoms with Crippen LogP contribution >= 0.6 is 0 Å². The molecule has 2 heterocycles. The summed E-state index contributed by atoms with van der Waals surface area (Å²) in [7, 11) is 3.15. The van der Waals surface area contributed by atoms with E-state index in [0.717, 1.165) is 29.9 Å². The Morgan fingerprint density at radius 1 is 0.953 bits per heavy atom. The Balaban J connectivity index is 1.42. The molecule has 10 nitrogen and oxygen atoms in total. The van der Waals surface area contributed by atoms with E-state index in [9.17, 15) is 9.59 Å². The number of morpholine rings is 1. The van der Waals surface area contributed by atoms with Gasteiger partial charge in [0, 0.05) is 49.6 Å². The van der Waals surface area contributed by atoms with Gasteiger partial charge >= 0.3 is 0 Å². The van der Waals surface area contributed by atoms with Gasteiger partial charge in [0.05, 0.1) is 38.8 Å². The normalized spacial score (nSPS) is 13.4. The zero-order valence-corrected chi connectivity index (χ0v) is 24.8. The van der Waals surface area contributed by atoms with Gasteiger partial charge in [-0.15, -0.1) is 0 Å². The Labute approximate surface area is 251 Å². The highest BCUT2D eigenvalue weighted by molar-refractivity contribution is 6.00. The van der Waals surface area contributed by atoms with E-state index in [1.54, 1.807) is 35.8 Å². The molecule has 0 radical (unpaired) electrons. The van der Waals surface area contributed by atoms with Gasteiger partial charge in [-0.05, 0) is 30.7 Å². The molecule has 224 valence electrons. The number of carbonyl (C=O) groups is 2. The van der Waals surface area contributed by atoms with Gasteiger partial charge in [-0.3, -0.25) is 24.4 Å². The highest BCUT2D eigenvalue weighted by Gasteiger charge is 2.23. The standard InChI is InChI=1S/C33H37N5O5/c1-24-9-7-8-12-27(24)32(40)37(16-15-36-17-19-43-20-18-36)23-31(39)35-33-34-28(25-10-5-4-6-11-25)22-38(33)26-13-14-29(41-2)30(21-26)42-3/h4-14,21-22H,15-20,23H2,1-3H3,(H,34,35,39). The summed E-state index contributed by atoms with van der Waals surface area (Å²) >= 11 is 0. The monoisotopic (exact) mass is 583 g/mol. The number of aryl methyl sites for hydroxylation is 1. The number of carbonyl (C=O) groups excluding carboxylic acids is 2. The highest BCUT2D eigenvalue weighted by atomic mass is 16.5. The smallest absolute Gasteiger partial charge is 0.254 e. The Hall–Kier alpha value is -4.67. The number of ether oxygens (including phenoxy) is 3. The maximum atomic E-state index is 13.7. The van der Waals surface area contributed by atoms with Crippen molar-refractivity contribution in [2.24, 2.45) is 0 Å². The van der Waals surface area contributed by atoms with Crippen LogP contribution in [0.3, 0.4) is 0 Å². The third kappa shape index (κ3) is 7.22. The van der Waals surface area contributed by atoms with E-state index in [0.29, 0.717) is 55.0 Å². The molecule has 4 aromatic rings. The lowest BCUT2D eigenvalue weighted by molar-refractivity contribution is -0.117. The number of anilines is 1. The summed E-state index contributed by atoms with van der Waals surface area (Å²) in [5.41, 5.74) is 3.75. The summed E-state index contributed by atoms with van der Waals surface area (Å²) in [6.07, 6.45) is 1.86. The average molecular weight is 584 g/mol. The van der Waals surface area contributed by atoms with E-state index in [1.807, 2.05) is 73.8 Å². The number of imidazole rings is 1. The molecular weight excluding hydrogens is 546 g/mol. The van der Waals surface area contributed by atoms with Crippen LogP contribution in [0, 0.1) is 6.92 Å². The number of hydrogen-bond donors (Lipinski definition) is 1. The number of nitrogens with one attached hydrogen (secondary N) is 1. The zero-order valence-electron chi connectivity index (χ0n) is 24.8. The molecule has 0 saturated carbocycles. The Morgan fingerprint density at radius 3 is 2.40 bits per heavy atom. The van der Waals surface area contributed by atoms with E-state index in [2.05, 4.69) is 10.2 Å². The molecule has 2 amide bonds. The van der Waals surface area contributed by atoms with Crippen molar-refractivity contribution < 1.29 is 23.8 Å². The summed E-state index contributed by atoms with van der Waals surface area (Å²) in [4.78, 5) is 35.9. The molecule has 0 atom stereocenters. The first-order valence-corrected chi connectivity index (χ1v) is 14.3. The number of rotatable bonds is 11. The first kappa shape index (κ1) is 29.8. The second kappa shape index (κ2) is 14.0. The number of hydrogen-bond acceptors (Lipinski definition) is 7. The maximum absolute atomic E-state index is 13.7. The van der Waals surface area contributed by atoms with E-state index < -0.39 is 0 Å². The maximum Gasteiger partial charge on any atom is 0.254 e. The van der Waals surface area contributed by atoms with Crippen molar-refractivity contribution in [3.8, 4) is 28.4 Å². The molecule has 0 aliphatic carbocycles. The van der Waals surface area contributed by atoms with Gasteiger partial charge in [0.1, 0.15) is 6.54 Å². The van der Waals surface area contributed by atoms with Gasteiger partial charge in [0.15, 0.2) is 11.5 Å². The van der Waals surface area contributed by atoms with Gasteiger partial charge in [-0.1, -0.05) is 48.5 Å². The van der Waals surface area contributed by atoms with Crippen LogP contribution < -0.4 is 14.8 Å². The van der Waals surface area contributed by atoms with Crippen LogP contribution in [0.4, 0.5) is 5.95 Å². The van der Waals surface area contributed by atoms with Crippen LogP contribution in [-0.4, -0.2) is 91.3 Å². The minimum atomic E-state index is -0.351. The van der Waals surface area contributed by atoms with E-state index >= 15 is 0 Å². The van der Waals surface area contributed by atoms with Crippen LogP contribution in [0.25, 0.3) is 16.9 Å². The molecule has 43 heavy (non-hydrogen) atoms. The highest BCUT2D eigenvalue weighted by Crippen LogP contribution is 2.32. The van der Waals surface area contributed by atoms with Gasteiger partial charge in [-0.25, -0.2) is 4.98 Å². The fourth-order valence-corrected chi connectivity index (χ4v) is 5.05. The molecule has 1 aliphatic heterocycles. The summed E-state index contributed by atoms with van der Waals surface area (Å²) in [6, 6.07) is 22.7. The lowest BCUT2D eigenvalue weighted by Gasteiger charge is -2.30. The minimum Gasteiger partial charge on any atom is -0.493 e. The van der Waals surface area contributed by atoms with Crippen LogP contribution in [-0.2, 0) is 9.53 Å². The van der Waals surface area contributed by atoms with Gasteiger partial charge in [0.25, 0.3) is 5.91 Å². The second-order valence-corrected chi connectivity index (χ2v) is 10.3. The first-order chi connectivity index (χ1) is 21.0. The van der Waals surface area contributed by atoms with Crippen LogP contribution in [0.5, 0.6) is 11.5 Å². The van der Waals surface area contributed by atoms with Crippen LogP contribution in [0.1, 0.15) is 15.9 Å². The lowest BCUT2D eigenvalue weighted by atomic mass is 10.1. The van der Waals surface area contributed by atoms with Crippen molar-refractivity contribution in [2.45, 2.75) is 6.92 Å². The number of aromatic nitrogens is 2. The third-order valence-electron chi connectivity index (χ3n) is 7.46. The molecule has 3 aromatic carbocycles. The van der Waals surface area contributed by atoms with Gasteiger partial charge < -0.3 is 19.1 Å². The molecule has 0 bridgehead atoms. The second-order valence-electron chi connectivity index (χ2n) is 10.3. The summed E-state index contributed by atoms with van der Waals surface area (Å²) in [5, 5.41) is 2.97. The minimum absolute atomic E-state index is 0.128. The number of nitrogens with zero attached hydrogens (tertiary/aromatic N) is 4. The lowest BCUT2D eigenvalue weighted by Crippen LogP contribution is -2.45. The largest absolute Gasteiger partial charge is 0.493 e. The van der Waals surface area contributed by atoms with Crippen molar-refractivity contribution in [1.29, 1.82) is 0 Å². The van der Waals surface area contributed by atoms with Crippen LogP contribution in [0.2, 0.25) is 0 Å². The summed E-state index contributed by atoms with van der Waals surface area (Å²) in [6.45, 7) is 5.74. The fraction of sp³-hybridized carbons (Fsp3) is 0.303. The Kier molecular flexibility index (Phi) is 9.70. The van der Waals surface area contributed by atoms with Crippen molar-refractivity contribution >= 4 is 17.8 Å². The van der Waals surface area contributed by atoms with Crippen molar-refractivity contribution in [1.82, 2.24) is 19.4 Å². The first-order valence-electron chi connectivity index (χ1n) is 14.3. The van der Waals surface area contributed by atoms with Gasteiger partial charge in [0.2, 0.25) is 11.9 Å². The number of amides is 2. The summed E-state index contributed by atoms with van der Waals surface area (Å²) in [5.74, 6) is 0.925. The summed E-state index contributed by atoms with van der Waals surface area (Å²) < 4.78 is 18.2. The van der Waals surface area contributed by atoms with Crippen molar-refractivity contribution in [3.05, 3.63) is 90.1 Å². The fourth-order valence-electron chi connectivity index (χ4n) is 5.05. The number of benzene rings is 3. The van der Waals surface area contributed by atoms with E-state index in [-0.39, 0.29) is 18.4 Å². The quantitative estimate of drug-likeness (QED) is 0.282. The molecule has 1 aliphatic rings. The number of methoxy groups -OCH3 is 2.